The van der Waals surface area contributed by atoms with Gasteiger partial charge < -0.3 is 10.2 Å². The van der Waals surface area contributed by atoms with E-state index in [2.05, 4.69) is 5.32 Å². The molecule has 2 aromatic rings. The van der Waals surface area contributed by atoms with E-state index in [1.165, 1.54) is 4.31 Å². The van der Waals surface area contributed by atoms with Gasteiger partial charge in [0.2, 0.25) is 15.9 Å². The molecule has 2 aliphatic rings. The molecule has 0 aliphatic carbocycles. The Labute approximate surface area is 176 Å². The fraction of sp³-hybridized carbons (Fsp3) is 0.364. The van der Waals surface area contributed by atoms with Crippen LogP contribution in [0.1, 0.15) is 35.2 Å². The molecule has 0 atom stereocenters. The molecule has 30 heavy (non-hydrogen) atoms. The molecule has 2 amide bonds. The lowest BCUT2D eigenvalue weighted by atomic mass is 10.1. The van der Waals surface area contributed by atoms with Gasteiger partial charge in [-0.3, -0.25) is 13.9 Å². The predicted molar refractivity (Wildman–Crippen MR) is 116 cm³/mol. The van der Waals surface area contributed by atoms with Crippen molar-refractivity contribution in [1.82, 2.24) is 5.32 Å². The zero-order valence-corrected chi connectivity index (χ0v) is 17.5. The maximum absolute atomic E-state index is 12.7. The number of carbonyl (C=O) groups excluding carboxylic acids is 2. The van der Waals surface area contributed by atoms with E-state index in [4.69, 9.17) is 0 Å². The highest BCUT2D eigenvalue weighted by atomic mass is 32.2. The SMILES string of the molecule is O=C(NCCS(=O)(=O)N1CCc2ccccc21)c1ccc(N2CCCCC2=O)cc1. The first-order valence-corrected chi connectivity index (χ1v) is 11.8. The smallest absolute Gasteiger partial charge is 0.251 e. The summed E-state index contributed by atoms with van der Waals surface area (Å²) in [7, 11) is -3.50. The molecule has 2 heterocycles. The number of para-hydroxylation sites is 1. The number of anilines is 2. The van der Waals surface area contributed by atoms with Crippen molar-refractivity contribution in [2.24, 2.45) is 0 Å². The van der Waals surface area contributed by atoms with Crippen molar-refractivity contribution in [2.75, 3.05) is 34.6 Å². The number of piperidine rings is 1. The van der Waals surface area contributed by atoms with Gasteiger partial charge in [-0.1, -0.05) is 18.2 Å². The lowest BCUT2D eigenvalue weighted by molar-refractivity contribution is -0.119. The Morgan fingerprint density at radius 2 is 1.73 bits per heavy atom. The highest BCUT2D eigenvalue weighted by Gasteiger charge is 2.28. The van der Waals surface area contributed by atoms with E-state index in [0.29, 0.717) is 31.5 Å². The number of hydrogen-bond acceptors (Lipinski definition) is 4. The van der Waals surface area contributed by atoms with Gasteiger partial charge in [0.25, 0.3) is 5.91 Å². The number of benzene rings is 2. The van der Waals surface area contributed by atoms with E-state index >= 15 is 0 Å². The summed E-state index contributed by atoms with van der Waals surface area (Å²) in [4.78, 5) is 26.2. The average Bonchev–Trinajstić information content (AvgIpc) is 3.19. The van der Waals surface area contributed by atoms with Gasteiger partial charge in [-0.2, -0.15) is 0 Å². The quantitative estimate of drug-likeness (QED) is 0.767. The number of nitrogens with one attached hydrogen (secondary N) is 1. The molecule has 2 aromatic carbocycles. The Hall–Kier alpha value is -2.87. The van der Waals surface area contributed by atoms with Crippen molar-refractivity contribution in [2.45, 2.75) is 25.7 Å². The Morgan fingerprint density at radius 3 is 2.50 bits per heavy atom. The van der Waals surface area contributed by atoms with Crippen LogP contribution in [0.5, 0.6) is 0 Å². The number of sulfonamides is 1. The van der Waals surface area contributed by atoms with E-state index < -0.39 is 10.0 Å². The van der Waals surface area contributed by atoms with Crippen LogP contribution in [-0.4, -0.2) is 45.6 Å². The summed E-state index contributed by atoms with van der Waals surface area (Å²) < 4.78 is 26.8. The van der Waals surface area contributed by atoms with E-state index in [0.717, 1.165) is 29.8 Å². The molecule has 4 rings (SSSR count). The first kappa shape index (κ1) is 20.4. The summed E-state index contributed by atoms with van der Waals surface area (Å²) in [5, 5.41) is 2.68. The van der Waals surface area contributed by atoms with Crippen LogP contribution < -0.4 is 14.5 Å². The molecule has 0 bridgehead atoms. The van der Waals surface area contributed by atoms with Crippen LogP contribution in [0.15, 0.2) is 48.5 Å². The van der Waals surface area contributed by atoms with Gasteiger partial charge >= 0.3 is 0 Å². The minimum Gasteiger partial charge on any atom is -0.351 e. The van der Waals surface area contributed by atoms with Crippen molar-refractivity contribution in [3.8, 4) is 0 Å². The molecular formula is C22H25N3O4S. The molecule has 0 aromatic heterocycles. The molecule has 8 heteroatoms. The first-order chi connectivity index (χ1) is 14.5. The second kappa shape index (κ2) is 8.47. The topological polar surface area (TPSA) is 86.8 Å². The van der Waals surface area contributed by atoms with Crippen molar-refractivity contribution in [3.63, 3.8) is 0 Å². The number of rotatable bonds is 6. The molecule has 7 nitrogen and oxygen atoms in total. The van der Waals surface area contributed by atoms with Crippen LogP contribution in [0.4, 0.5) is 11.4 Å². The van der Waals surface area contributed by atoms with Gasteiger partial charge in [-0.05, 0) is 55.2 Å². The summed E-state index contributed by atoms with van der Waals surface area (Å²) >= 11 is 0. The monoisotopic (exact) mass is 427 g/mol. The molecule has 0 radical (unpaired) electrons. The van der Waals surface area contributed by atoms with E-state index in [-0.39, 0.29) is 24.1 Å². The maximum Gasteiger partial charge on any atom is 0.251 e. The second-order valence-electron chi connectivity index (χ2n) is 7.57. The number of nitrogens with zero attached hydrogens (tertiary/aromatic N) is 2. The summed E-state index contributed by atoms with van der Waals surface area (Å²) in [6, 6.07) is 14.3. The first-order valence-electron chi connectivity index (χ1n) is 10.2. The van der Waals surface area contributed by atoms with Crippen molar-refractivity contribution in [1.29, 1.82) is 0 Å². The molecule has 2 aliphatic heterocycles. The van der Waals surface area contributed by atoms with Gasteiger partial charge in [0.1, 0.15) is 0 Å². The zero-order valence-electron chi connectivity index (χ0n) is 16.7. The van der Waals surface area contributed by atoms with Crippen LogP contribution in [0.25, 0.3) is 0 Å². The molecule has 1 N–H and O–H groups in total. The van der Waals surface area contributed by atoms with E-state index in [1.54, 1.807) is 29.2 Å². The molecule has 0 spiro atoms. The van der Waals surface area contributed by atoms with Crippen LogP contribution in [0.3, 0.4) is 0 Å². The third-order valence-corrected chi connectivity index (χ3v) is 7.36. The Balaban J connectivity index is 1.33. The highest BCUT2D eigenvalue weighted by molar-refractivity contribution is 7.92. The molecule has 158 valence electrons. The normalized spacial score (nSPS) is 16.5. The van der Waals surface area contributed by atoms with E-state index in [9.17, 15) is 18.0 Å². The number of fused-ring (bicyclic) bond motifs is 1. The maximum atomic E-state index is 12.7. The van der Waals surface area contributed by atoms with Crippen LogP contribution >= 0.6 is 0 Å². The Bertz CT molecular complexity index is 1050. The fourth-order valence-electron chi connectivity index (χ4n) is 3.97. The standard InChI is InChI=1S/C22H25N3O4S/c26-21-7-3-4-14-24(21)19-10-8-18(9-11-19)22(27)23-13-16-30(28,29)25-15-12-17-5-1-2-6-20(17)25/h1-2,5-6,8-11H,3-4,7,12-16H2,(H,23,27). The van der Waals surface area contributed by atoms with Crippen LogP contribution in [0.2, 0.25) is 0 Å². The minimum absolute atomic E-state index is 0.0339. The zero-order chi connectivity index (χ0) is 21.1. The fourth-order valence-corrected chi connectivity index (χ4v) is 5.40. The molecule has 0 saturated carbocycles. The summed E-state index contributed by atoms with van der Waals surface area (Å²) in [6.07, 6.45) is 3.15. The van der Waals surface area contributed by atoms with Gasteiger partial charge in [0.05, 0.1) is 11.4 Å². The number of amides is 2. The predicted octanol–water partition coefficient (Wildman–Crippen LogP) is 2.33. The summed E-state index contributed by atoms with van der Waals surface area (Å²) in [5.41, 5.74) is 2.97. The third-order valence-electron chi connectivity index (χ3n) is 5.59. The van der Waals surface area contributed by atoms with Gasteiger partial charge in [0.15, 0.2) is 0 Å². The molecule has 0 unspecified atom stereocenters. The minimum atomic E-state index is -3.50. The summed E-state index contributed by atoms with van der Waals surface area (Å²) in [6.45, 7) is 1.17. The highest BCUT2D eigenvalue weighted by Crippen LogP contribution is 2.29. The lowest BCUT2D eigenvalue weighted by Gasteiger charge is -2.26. The van der Waals surface area contributed by atoms with Gasteiger partial charge in [0, 0.05) is 37.3 Å². The Kier molecular flexibility index (Phi) is 5.76. The molecule has 1 saturated heterocycles. The largest absolute Gasteiger partial charge is 0.351 e. The molecule has 1 fully saturated rings. The van der Waals surface area contributed by atoms with Gasteiger partial charge in [-0.25, -0.2) is 8.42 Å². The van der Waals surface area contributed by atoms with Crippen LogP contribution in [-0.2, 0) is 21.2 Å². The Morgan fingerprint density at radius 1 is 0.967 bits per heavy atom. The van der Waals surface area contributed by atoms with Crippen molar-refractivity contribution >= 4 is 33.2 Å². The van der Waals surface area contributed by atoms with E-state index in [1.807, 2.05) is 24.3 Å². The van der Waals surface area contributed by atoms with Crippen molar-refractivity contribution < 1.29 is 18.0 Å². The van der Waals surface area contributed by atoms with Crippen molar-refractivity contribution in [3.05, 3.63) is 59.7 Å². The third kappa shape index (κ3) is 4.18. The number of carbonyl (C=O) groups is 2. The summed E-state index contributed by atoms with van der Waals surface area (Å²) in [5.74, 6) is -0.386. The van der Waals surface area contributed by atoms with Crippen LogP contribution in [0, 0.1) is 0 Å². The lowest BCUT2D eigenvalue weighted by Crippen LogP contribution is -2.37. The number of hydrogen-bond donors (Lipinski definition) is 1. The second-order valence-corrected chi connectivity index (χ2v) is 9.58. The average molecular weight is 428 g/mol. The van der Waals surface area contributed by atoms with Gasteiger partial charge in [-0.15, -0.1) is 0 Å². The molecular weight excluding hydrogens is 402 g/mol.